The second kappa shape index (κ2) is 10.2. The number of anilines is 2. The minimum absolute atomic E-state index is 0.0954. The smallest absolute Gasteiger partial charge is 0.225 e. The number of amides is 2. The van der Waals surface area contributed by atoms with Crippen LogP contribution in [0.15, 0.2) is 42.5 Å². The number of halogens is 2. The normalized spacial score (nSPS) is 10.4. The van der Waals surface area contributed by atoms with Gasteiger partial charge >= 0.3 is 0 Å². The van der Waals surface area contributed by atoms with Crippen molar-refractivity contribution in [3.05, 3.63) is 58.1 Å². The van der Waals surface area contributed by atoms with Crippen LogP contribution in [0.4, 0.5) is 11.4 Å². The molecule has 0 bridgehead atoms. The van der Waals surface area contributed by atoms with Crippen molar-refractivity contribution in [1.29, 1.82) is 0 Å². The number of hydrogen-bond acceptors (Lipinski definition) is 3. The van der Waals surface area contributed by atoms with Crippen LogP contribution >= 0.6 is 23.2 Å². The highest BCUT2D eigenvalue weighted by Gasteiger charge is 2.05. The monoisotopic (exact) mass is 393 g/mol. The summed E-state index contributed by atoms with van der Waals surface area (Å²) >= 11 is 12.0. The third kappa shape index (κ3) is 7.04. The summed E-state index contributed by atoms with van der Waals surface area (Å²) in [4.78, 5) is 23.1. The molecular formula is C19H21Cl2N3O2. The number of hydrogen-bond donors (Lipinski definition) is 3. The summed E-state index contributed by atoms with van der Waals surface area (Å²) in [7, 11) is 0. The molecule has 0 aromatic heterocycles. The van der Waals surface area contributed by atoms with Crippen LogP contribution in [0, 0.1) is 0 Å². The largest absolute Gasteiger partial charge is 0.326 e. The number of nitrogens with one attached hydrogen (secondary N) is 3. The average Bonchev–Trinajstić information content (AvgIpc) is 2.56. The van der Waals surface area contributed by atoms with Gasteiger partial charge < -0.3 is 16.0 Å². The van der Waals surface area contributed by atoms with E-state index in [0.717, 1.165) is 12.0 Å². The molecule has 3 N–H and O–H groups in total. The lowest BCUT2D eigenvalue weighted by atomic mass is 10.1. The van der Waals surface area contributed by atoms with Crippen molar-refractivity contribution in [1.82, 2.24) is 5.32 Å². The zero-order valence-corrected chi connectivity index (χ0v) is 16.0. The molecule has 0 aliphatic rings. The van der Waals surface area contributed by atoms with E-state index in [9.17, 15) is 9.59 Å². The van der Waals surface area contributed by atoms with Gasteiger partial charge in [-0.15, -0.1) is 0 Å². The summed E-state index contributed by atoms with van der Waals surface area (Å²) in [6, 6.07) is 12.5. The molecule has 0 aliphatic carbocycles. The van der Waals surface area contributed by atoms with Crippen LogP contribution in [0.2, 0.25) is 10.0 Å². The lowest BCUT2D eigenvalue weighted by molar-refractivity contribution is -0.116. The summed E-state index contributed by atoms with van der Waals surface area (Å²) in [5, 5.41) is 9.98. The first kappa shape index (κ1) is 20.2. The predicted molar refractivity (Wildman–Crippen MR) is 107 cm³/mol. The molecule has 2 amide bonds. The Kier molecular flexibility index (Phi) is 7.91. The highest BCUT2D eigenvalue weighted by molar-refractivity contribution is 6.35. The highest BCUT2D eigenvalue weighted by atomic mass is 35.5. The fourth-order valence-electron chi connectivity index (χ4n) is 2.38. The van der Waals surface area contributed by atoms with Crippen LogP contribution in [0.5, 0.6) is 0 Å². The molecule has 0 saturated carbocycles. The van der Waals surface area contributed by atoms with Gasteiger partial charge in [0.1, 0.15) is 0 Å². The van der Waals surface area contributed by atoms with Crippen LogP contribution in [-0.4, -0.2) is 24.9 Å². The Morgan fingerprint density at radius 3 is 2.38 bits per heavy atom. The fraction of sp³-hybridized carbons (Fsp3) is 0.263. The van der Waals surface area contributed by atoms with Gasteiger partial charge in [-0.1, -0.05) is 35.3 Å². The molecule has 138 valence electrons. The van der Waals surface area contributed by atoms with E-state index in [0.29, 0.717) is 40.9 Å². The van der Waals surface area contributed by atoms with Gasteiger partial charge in [-0.25, -0.2) is 0 Å². The second-order valence-electron chi connectivity index (χ2n) is 5.80. The zero-order valence-electron chi connectivity index (χ0n) is 14.4. The van der Waals surface area contributed by atoms with Crippen molar-refractivity contribution >= 4 is 46.4 Å². The van der Waals surface area contributed by atoms with Gasteiger partial charge in [0, 0.05) is 41.3 Å². The van der Waals surface area contributed by atoms with Crippen molar-refractivity contribution in [2.24, 2.45) is 0 Å². The van der Waals surface area contributed by atoms with Gasteiger partial charge in [-0.3, -0.25) is 9.59 Å². The quantitative estimate of drug-likeness (QED) is 0.590. The predicted octanol–water partition coefficient (Wildman–Crippen LogP) is 4.11. The molecule has 0 saturated heterocycles. The van der Waals surface area contributed by atoms with E-state index in [-0.39, 0.29) is 11.8 Å². The average molecular weight is 394 g/mol. The van der Waals surface area contributed by atoms with Crippen molar-refractivity contribution in [3.63, 3.8) is 0 Å². The maximum absolute atomic E-state index is 12.0. The van der Waals surface area contributed by atoms with Gasteiger partial charge in [-0.05, 0) is 48.9 Å². The third-order valence-electron chi connectivity index (χ3n) is 3.58. The minimum atomic E-state index is -0.154. The molecular weight excluding hydrogens is 373 g/mol. The van der Waals surface area contributed by atoms with E-state index < -0.39 is 0 Å². The van der Waals surface area contributed by atoms with E-state index in [1.807, 2.05) is 12.1 Å². The van der Waals surface area contributed by atoms with Gasteiger partial charge in [0.25, 0.3) is 0 Å². The van der Waals surface area contributed by atoms with Crippen LogP contribution < -0.4 is 16.0 Å². The lowest BCUT2D eigenvalue weighted by Gasteiger charge is -2.09. The molecule has 0 spiro atoms. The topological polar surface area (TPSA) is 70.2 Å². The van der Waals surface area contributed by atoms with Crippen molar-refractivity contribution < 1.29 is 9.59 Å². The Morgan fingerprint density at radius 1 is 0.962 bits per heavy atom. The van der Waals surface area contributed by atoms with Gasteiger partial charge in [-0.2, -0.15) is 0 Å². The van der Waals surface area contributed by atoms with Crippen molar-refractivity contribution in [2.45, 2.75) is 19.8 Å². The van der Waals surface area contributed by atoms with Gasteiger partial charge in [0.2, 0.25) is 11.8 Å². The van der Waals surface area contributed by atoms with E-state index in [4.69, 9.17) is 23.2 Å². The molecule has 0 atom stereocenters. The molecule has 0 fully saturated rings. The van der Waals surface area contributed by atoms with E-state index in [2.05, 4.69) is 16.0 Å². The Morgan fingerprint density at radius 2 is 1.69 bits per heavy atom. The fourth-order valence-corrected chi connectivity index (χ4v) is 2.88. The minimum Gasteiger partial charge on any atom is -0.326 e. The molecule has 2 aromatic rings. The number of benzene rings is 2. The Labute approximate surface area is 163 Å². The summed E-state index contributed by atoms with van der Waals surface area (Å²) in [5.74, 6) is -0.250. The van der Waals surface area contributed by atoms with Gasteiger partial charge in [0.05, 0.1) is 0 Å². The van der Waals surface area contributed by atoms with Crippen molar-refractivity contribution in [2.75, 3.05) is 23.7 Å². The molecule has 0 aliphatic heterocycles. The number of rotatable bonds is 8. The Hall–Kier alpha value is -2.08. The maximum atomic E-state index is 12.0. The van der Waals surface area contributed by atoms with Crippen LogP contribution in [0.1, 0.15) is 18.9 Å². The molecule has 7 heteroatoms. The van der Waals surface area contributed by atoms with Gasteiger partial charge in [0.15, 0.2) is 0 Å². The number of carbonyl (C=O) groups is 2. The SMILES string of the molecule is CC(=O)Nc1cccc(NC(=O)CCNCCc2ccc(Cl)cc2Cl)c1. The van der Waals surface area contributed by atoms with E-state index in [1.54, 1.807) is 30.3 Å². The van der Waals surface area contributed by atoms with Crippen molar-refractivity contribution in [3.8, 4) is 0 Å². The molecule has 0 heterocycles. The van der Waals surface area contributed by atoms with E-state index in [1.165, 1.54) is 6.92 Å². The molecule has 2 rings (SSSR count). The summed E-state index contributed by atoms with van der Waals surface area (Å²) in [5.41, 5.74) is 2.31. The number of carbonyl (C=O) groups excluding carboxylic acids is 2. The maximum Gasteiger partial charge on any atom is 0.225 e. The highest BCUT2D eigenvalue weighted by Crippen LogP contribution is 2.21. The lowest BCUT2D eigenvalue weighted by Crippen LogP contribution is -2.23. The molecule has 0 radical (unpaired) electrons. The summed E-state index contributed by atoms with van der Waals surface area (Å²) < 4.78 is 0. The van der Waals surface area contributed by atoms with Crippen LogP contribution in [0.3, 0.4) is 0 Å². The second-order valence-corrected chi connectivity index (χ2v) is 6.64. The summed E-state index contributed by atoms with van der Waals surface area (Å²) in [6.45, 7) is 2.71. The van der Waals surface area contributed by atoms with Crippen LogP contribution in [-0.2, 0) is 16.0 Å². The standard InChI is InChI=1S/C19H21Cl2N3O2/c1-13(25)23-16-3-2-4-17(12-16)24-19(26)8-10-22-9-7-14-5-6-15(20)11-18(14)21/h2-6,11-12,22H,7-10H2,1H3,(H,23,25)(H,24,26). The molecule has 5 nitrogen and oxygen atoms in total. The molecule has 2 aromatic carbocycles. The Balaban J connectivity index is 1.69. The third-order valence-corrected chi connectivity index (χ3v) is 4.17. The first-order valence-corrected chi connectivity index (χ1v) is 9.02. The molecule has 0 unspecified atom stereocenters. The summed E-state index contributed by atoms with van der Waals surface area (Å²) in [6.07, 6.45) is 1.11. The first-order chi connectivity index (χ1) is 12.4. The first-order valence-electron chi connectivity index (χ1n) is 8.26. The molecule has 26 heavy (non-hydrogen) atoms. The van der Waals surface area contributed by atoms with E-state index >= 15 is 0 Å². The van der Waals surface area contributed by atoms with Crippen LogP contribution in [0.25, 0.3) is 0 Å². The Bertz CT molecular complexity index is 781. The zero-order chi connectivity index (χ0) is 18.9.